The van der Waals surface area contributed by atoms with Crippen LogP contribution in [0, 0.1) is 5.82 Å². The van der Waals surface area contributed by atoms with Crippen LogP contribution in [0.1, 0.15) is 31.0 Å². The summed E-state index contributed by atoms with van der Waals surface area (Å²) in [5.74, 6) is 0.265. The monoisotopic (exact) mass is 337 g/mol. The number of nitrogens with zero attached hydrogens (tertiary/aromatic N) is 3. The van der Waals surface area contributed by atoms with Crippen LogP contribution < -0.4 is 4.31 Å². The minimum absolute atomic E-state index is 0.110. The van der Waals surface area contributed by atoms with Gasteiger partial charge in [0.05, 0.1) is 25.1 Å². The third kappa shape index (κ3) is 3.99. The molecule has 0 atom stereocenters. The van der Waals surface area contributed by atoms with E-state index in [2.05, 4.69) is 9.97 Å². The summed E-state index contributed by atoms with van der Waals surface area (Å²) in [6.45, 7) is 3.83. The van der Waals surface area contributed by atoms with Gasteiger partial charge in [0, 0.05) is 18.2 Å². The van der Waals surface area contributed by atoms with Crippen LogP contribution >= 0.6 is 12.2 Å². The molecular formula is C16H20FN3O2S. The number of aliphatic hydroxyl groups is 1. The fourth-order valence-electron chi connectivity index (χ4n) is 2.25. The summed E-state index contributed by atoms with van der Waals surface area (Å²) in [6, 6.07) is 6.05. The lowest BCUT2D eigenvalue weighted by atomic mass is 9.99. The Morgan fingerprint density at radius 3 is 2.43 bits per heavy atom. The van der Waals surface area contributed by atoms with Crippen molar-refractivity contribution in [1.82, 2.24) is 9.97 Å². The molecule has 1 N–H and O–H groups in total. The van der Waals surface area contributed by atoms with Crippen molar-refractivity contribution in [1.29, 1.82) is 0 Å². The van der Waals surface area contributed by atoms with Crippen molar-refractivity contribution in [2.45, 2.75) is 26.4 Å². The van der Waals surface area contributed by atoms with E-state index < -0.39 is 0 Å². The summed E-state index contributed by atoms with van der Waals surface area (Å²) < 4.78 is 19.9. The van der Waals surface area contributed by atoms with Crippen LogP contribution in [-0.2, 0) is 10.8 Å². The maximum absolute atomic E-state index is 13.2. The second kappa shape index (κ2) is 7.72. The van der Waals surface area contributed by atoms with Crippen molar-refractivity contribution in [3.63, 3.8) is 0 Å². The van der Waals surface area contributed by atoms with Gasteiger partial charge in [-0.25, -0.2) is 14.4 Å². The molecule has 0 aliphatic carbocycles. The van der Waals surface area contributed by atoms with Crippen LogP contribution in [0.25, 0.3) is 11.3 Å². The molecule has 0 bridgehead atoms. The number of hydrogen-bond donors (Lipinski definition) is 1. The minimum Gasteiger partial charge on any atom is -0.392 e. The average Bonchev–Trinajstić information content (AvgIpc) is 2.54. The molecule has 5 nitrogen and oxygen atoms in total. The Labute approximate surface area is 139 Å². The van der Waals surface area contributed by atoms with Gasteiger partial charge in [0.25, 0.3) is 0 Å². The molecule has 0 radical (unpaired) electrons. The molecule has 1 aromatic heterocycles. The minimum atomic E-state index is -0.315. The Morgan fingerprint density at radius 1 is 1.26 bits per heavy atom. The van der Waals surface area contributed by atoms with Gasteiger partial charge in [-0.1, -0.05) is 13.8 Å². The number of rotatable bonds is 6. The number of halogens is 1. The maximum atomic E-state index is 13.2. The van der Waals surface area contributed by atoms with E-state index in [1.165, 1.54) is 12.1 Å². The Balaban J connectivity index is 2.64. The first-order chi connectivity index (χ1) is 11.0. The van der Waals surface area contributed by atoms with Gasteiger partial charge >= 0.3 is 0 Å². The number of benzene rings is 1. The van der Waals surface area contributed by atoms with Crippen LogP contribution in [0.3, 0.4) is 0 Å². The molecular weight excluding hydrogens is 317 g/mol. The SMILES string of the molecule is COSN(C)c1nc(-c2ccc(F)cc2)c(CO)c(C(C)C)n1. The quantitative estimate of drug-likeness (QED) is 0.643. The molecule has 0 spiro atoms. The lowest BCUT2D eigenvalue weighted by Gasteiger charge is -2.20. The van der Waals surface area contributed by atoms with E-state index in [9.17, 15) is 9.50 Å². The molecule has 0 aliphatic heterocycles. The van der Waals surface area contributed by atoms with Crippen LogP contribution in [0.15, 0.2) is 24.3 Å². The standard InChI is InChI=1S/C16H20FN3O2S/c1-10(2)14-13(9-21)15(11-5-7-12(17)8-6-11)19-16(18-14)20(3)23-22-4/h5-8,10,21H,9H2,1-4H3. The Morgan fingerprint density at radius 2 is 1.91 bits per heavy atom. The molecule has 23 heavy (non-hydrogen) atoms. The summed E-state index contributed by atoms with van der Waals surface area (Å²) in [6.07, 6.45) is 0. The van der Waals surface area contributed by atoms with E-state index in [4.69, 9.17) is 4.18 Å². The molecule has 0 unspecified atom stereocenters. The first-order valence-corrected chi connectivity index (χ1v) is 7.89. The lowest BCUT2D eigenvalue weighted by Crippen LogP contribution is -2.15. The van der Waals surface area contributed by atoms with Gasteiger partial charge in [0.15, 0.2) is 0 Å². The van der Waals surface area contributed by atoms with E-state index in [0.29, 0.717) is 17.2 Å². The Kier molecular flexibility index (Phi) is 5.92. The van der Waals surface area contributed by atoms with E-state index in [0.717, 1.165) is 23.5 Å². The van der Waals surface area contributed by atoms with Gasteiger partial charge < -0.3 is 5.11 Å². The lowest BCUT2D eigenvalue weighted by molar-refractivity contribution is 0.279. The van der Waals surface area contributed by atoms with Gasteiger partial charge in [0.1, 0.15) is 18.0 Å². The third-order valence-corrected chi connectivity index (χ3v) is 3.85. The number of aromatic nitrogens is 2. The second-order valence-electron chi connectivity index (χ2n) is 5.29. The van der Waals surface area contributed by atoms with E-state index in [-0.39, 0.29) is 18.3 Å². The topological polar surface area (TPSA) is 58.5 Å². The highest BCUT2D eigenvalue weighted by atomic mass is 32.2. The molecule has 1 heterocycles. The van der Waals surface area contributed by atoms with Crippen molar-refractivity contribution in [3.05, 3.63) is 41.3 Å². The van der Waals surface area contributed by atoms with Crippen molar-refractivity contribution in [2.24, 2.45) is 0 Å². The number of aliphatic hydroxyl groups excluding tert-OH is 1. The largest absolute Gasteiger partial charge is 0.392 e. The Bertz CT molecular complexity index is 665. The highest BCUT2D eigenvalue weighted by Crippen LogP contribution is 2.31. The molecule has 2 rings (SSSR count). The van der Waals surface area contributed by atoms with Gasteiger partial charge in [-0.05, 0) is 30.2 Å². The normalized spacial score (nSPS) is 11.1. The highest BCUT2D eigenvalue weighted by molar-refractivity contribution is 7.96. The second-order valence-corrected chi connectivity index (χ2v) is 6.32. The highest BCUT2D eigenvalue weighted by Gasteiger charge is 2.19. The molecule has 2 aromatic rings. The number of anilines is 1. The van der Waals surface area contributed by atoms with Crippen LogP contribution in [0.5, 0.6) is 0 Å². The van der Waals surface area contributed by atoms with Gasteiger partial charge in [-0.3, -0.25) is 8.49 Å². The zero-order valence-corrected chi connectivity index (χ0v) is 14.4. The smallest absolute Gasteiger partial charge is 0.237 e. The molecule has 124 valence electrons. The van der Waals surface area contributed by atoms with Crippen molar-refractivity contribution in [3.8, 4) is 11.3 Å². The molecule has 7 heteroatoms. The zero-order valence-electron chi connectivity index (χ0n) is 13.6. The van der Waals surface area contributed by atoms with Gasteiger partial charge in [-0.15, -0.1) is 0 Å². The molecule has 0 aliphatic rings. The summed E-state index contributed by atoms with van der Waals surface area (Å²) in [5, 5.41) is 9.80. The van der Waals surface area contributed by atoms with E-state index in [1.54, 1.807) is 30.6 Å². The molecule has 0 saturated heterocycles. The first-order valence-electron chi connectivity index (χ1n) is 7.20. The summed E-state index contributed by atoms with van der Waals surface area (Å²) in [4.78, 5) is 9.08. The van der Waals surface area contributed by atoms with Gasteiger partial charge in [-0.2, -0.15) is 0 Å². The predicted octanol–water partition coefficient (Wildman–Crippen LogP) is 3.54. The van der Waals surface area contributed by atoms with Crippen LogP contribution in [-0.4, -0.2) is 29.2 Å². The summed E-state index contributed by atoms with van der Waals surface area (Å²) in [7, 11) is 3.36. The fraction of sp³-hybridized carbons (Fsp3) is 0.375. The first kappa shape index (κ1) is 17.7. The maximum Gasteiger partial charge on any atom is 0.237 e. The predicted molar refractivity (Wildman–Crippen MR) is 90.4 cm³/mol. The van der Waals surface area contributed by atoms with E-state index >= 15 is 0 Å². The summed E-state index contributed by atoms with van der Waals surface area (Å²) >= 11 is 1.11. The molecule has 0 amide bonds. The van der Waals surface area contributed by atoms with Crippen molar-refractivity contribution < 1.29 is 13.7 Å². The molecule has 1 aromatic carbocycles. The average molecular weight is 337 g/mol. The summed E-state index contributed by atoms with van der Waals surface area (Å²) in [5.41, 5.74) is 2.76. The van der Waals surface area contributed by atoms with Crippen molar-refractivity contribution >= 4 is 18.2 Å². The van der Waals surface area contributed by atoms with Crippen molar-refractivity contribution in [2.75, 3.05) is 18.5 Å². The third-order valence-electron chi connectivity index (χ3n) is 3.32. The van der Waals surface area contributed by atoms with Gasteiger partial charge in [0.2, 0.25) is 5.95 Å². The van der Waals surface area contributed by atoms with E-state index in [1.807, 2.05) is 13.8 Å². The van der Waals surface area contributed by atoms with Crippen LogP contribution in [0.2, 0.25) is 0 Å². The van der Waals surface area contributed by atoms with Crippen LogP contribution in [0.4, 0.5) is 10.3 Å². The molecule has 0 saturated carbocycles. The zero-order chi connectivity index (χ0) is 17.0. The fourth-order valence-corrected chi connectivity index (χ4v) is 2.63. The Hall–Kier alpha value is -1.70. The molecule has 0 fully saturated rings. The number of hydrogen-bond acceptors (Lipinski definition) is 6.